The molecule has 21 heteroatoms. The second-order valence-electron chi connectivity index (χ2n) is 11.4. The maximum atomic E-state index is 13.3. The Labute approximate surface area is 302 Å². The fourth-order valence-corrected chi connectivity index (χ4v) is 10.5. The monoisotopic (exact) mass is 799 g/mol. The van der Waals surface area contributed by atoms with E-state index in [0.29, 0.717) is 56.3 Å². The third-order valence-corrected chi connectivity index (χ3v) is 14.3. The average Bonchev–Trinajstić information content (AvgIpc) is 3.36. The number of aryl methyl sites for hydroxylation is 1. The molecular formula is C31H41N5O12S3Si. The van der Waals surface area contributed by atoms with Crippen molar-refractivity contribution in [3.63, 3.8) is 0 Å². The number of aromatic nitrogens is 2. The zero-order chi connectivity index (χ0) is 38.3. The first kappa shape index (κ1) is 41.1. The molecule has 0 aliphatic rings. The highest BCUT2D eigenvalue weighted by Crippen LogP contribution is 2.31. The second-order valence-corrected chi connectivity index (χ2v) is 19.0. The zero-order valence-corrected chi connectivity index (χ0v) is 32.3. The van der Waals surface area contributed by atoms with Crippen LogP contribution in [0.2, 0.25) is 6.04 Å². The quantitative estimate of drug-likeness (QED) is 0.0447. The molecule has 0 radical (unpaired) electrons. The van der Waals surface area contributed by atoms with E-state index in [0.717, 1.165) is 10.7 Å². The van der Waals surface area contributed by atoms with Gasteiger partial charge in [-0.05, 0) is 94.6 Å². The van der Waals surface area contributed by atoms with Crippen LogP contribution in [0.1, 0.15) is 32.9 Å². The summed E-state index contributed by atoms with van der Waals surface area (Å²) in [6.45, 7) is 9.44. The standard InChI is InChI=1S/C31H41N5O12S3Si/c1-5-46-52(47-6-2,48-7-3)18-8-15-32-16-17-49(38,39)26-12-10-25(11-13-26)36-31(37)30(22(4)35-36)34-33-24-9-14-28-23(19-24)20-27(50(40,41)42)21-29(28)51(43,44)45/h9-14,19-21,32,35H,5-8,15-18H2,1-4H3,(H,40,41,42)(H,43,44,45). The molecule has 0 spiro atoms. The van der Waals surface area contributed by atoms with Crippen molar-refractivity contribution < 1.29 is 47.6 Å². The molecule has 1 aromatic heterocycles. The molecule has 0 unspecified atom stereocenters. The Bertz CT molecular complexity index is 2290. The lowest BCUT2D eigenvalue weighted by Gasteiger charge is -2.28. The van der Waals surface area contributed by atoms with Crippen molar-refractivity contribution in [2.24, 2.45) is 10.2 Å². The summed E-state index contributed by atoms with van der Waals surface area (Å²) >= 11 is 0. The lowest BCUT2D eigenvalue weighted by atomic mass is 10.1. The number of benzene rings is 3. The summed E-state index contributed by atoms with van der Waals surface area (Å²) in [6.07, 6.45) is 0.685. The van der Waals surface area contributed by atoms with Gasteiger partial charge >= 0.3 is 8.80 Å². The third kappa shape index (κ3) is 10.1. The number of hydrogen-bond donors (Lipinski definition) is 4. The topological polar surface area (TPSA) is 245 Å². The van der Waals surface area contributed by atoms with Crippen LogP contribution in [-0.2, 0) is 43.4 Å². The number of nitrogens with zero attached hydrogens (tertiary/aromatic N) is 3. The van der Waals surface area contributed by atoms with Crippen molar-refractivity contribution in [2.45, 2.75) is 54.8 Å². The highest BCUT2D eigenvalue weighted by atomic mass is 32.2. The van der Waals surface area contributed by atoms with E-state index in [1.807, 2.05) is 20.8 Å². The Morgan fingerprint density at radius 2 is 1.44 bits per heavy atom. The fraction of sp³-hybridized carbons (Fsp3) is 0.387. The normalized spacial score (nSPS) is 13.0. The van der Waals surface area contributed by atoms with Gasteiger partial charge in [-0.15, -0.1) is 5.11 Å². The lowest BCUT2D eigenvalue weighted by molar-refractivity contribution is 0.0708. The molecule has 4 rings (SSSR count). The van der Waals surface area contributed by atoms with Gasteiger partial charge in [-0.3, -0.25) is 19.0 Å². The first-order chi connectivity index (χ1) is 24.4. The molecule has 0 aliphatic heterocycles. The summed E-state index contributed by atoms with van der Waals surface area (Å²) in [5.74, 6) is -0.146. The summed E-state index contributed by atoms with van der Waals surface area (Å²) in [5, 5.41) is 14.0. The molecule has 0 amide bonds. The molecule has 3 aromatic carbocycles. The van der Waals surface area contributed by atoms with Gasteiger partial charge in [-0.2, -0.15) is 21.9 Å². The van der Waals surface area contributed by atoms with Gasteiger partial charge in [-0.1, -0.05) is 6.07 Å². The Balaban J connectivity index is 1.44. The highest BCUT2D eigenvalue weighted by Gasteiger charge is 2.39. The van der Waals surface area contributed by atoms with E-state index in [2.05, 4.69) is 20.6 Å². The van der Waals surface area contributed by atoms with Crippen LogP contribution in [0.15, 0.2) is 84.3 Å². The fourth-order valence-electron chi connectivity index (χ4n) is 5.35. The molecule has 52 heavy (non-hydrogen) atoms. The maximum absolute atomic E-state index is 13.3. The van der Waals surface area contributed by atoms with Gasteiger partial charge in [0.05, 0.1) is 32.6 Å². The van der Waals surface area contributed by atoms with Gasteiger partial charge in [0.25, 0.3) is 25.8 Å². The molecule has 284 valence electrons. The summed E-state index contributed by atoms with van der Waals surface area (Å²) < 4.78 is 111. The van der Waals surface area contributed by atoms with E-state index < -0.39 is 54.2 Å². The van der Waals surface area contributed by atoms with Crippen LogP contribution in [-0.4, -0.2) is 91.6 Å². The van der Waals surface area contributed by atoms with E-state index in [9.17, 15) is 39.2 Å². The molecular weight excluding hydrogens is 759 g/mol. The third-order valence-electron chi connectivity index (χ3n) is 7.68. The molecule has 0 bridgehead atoms. The second kappa shape index (κ2) is 17.0. The van der Waals surface area contributed by atoms with Crippen LogP contribution in [0.4, 0.5) is 11.4 Å². The predicted molar refractivity (Wildman–Crippen MR) is 194 cm³/mol. The number of aromatic amines is 1. The number of rotatable bonds is 19. The molecule has 1 heterocycles. The first-order valence-electron chi connectivity index (χ1n) is 16.2. The minimum absolute atomic E-state index is 0.00156. The van der Waals surface area contributed by atoms with E-state index in [4.69, 9.17) is 13.3 Å². The van der Waals surface area contributed by atoms with Crippen molar-refractivity contribution in [3.05, 3.63) is 70.6 Å². The van der Waals surface area contributed by atoms with Crippen LogP contribution >= 0.6 is 0 Å². The Morgan fingerprint density at radius 3 is 2.02 bits per heavy atom. The maximum Gasteiger partial charge on any atom is 0.500 e. The van der Waals surface area contributed by atoms with Crippen molar-refractivity contribution in [1.29, 1.82) is 0 Å². The summed E-state index contributed by atoms with van der Waals surface area (Å²) in [7, 11) is -16.1. The van der Waals surface area contributed by atoms with Crippen LogP contribution < -0.4 is 10.9 Å². The van der Waals surface area contributed by atoms with Crippen molar-refractivity contribution >= 4 is 61.0 Å². The van der Waals surface area contributed by atoms with E-state index in [1.165, 1.54) is 42.5 Å². The largest absolute Gasteiger partial charge is 0.500 e. The molecule has 0 aliphatic carbocycles. The average molecular weight is 800 g/mol. The first-order valence-corrected chi connectivity index (χ1v) is 22.6. The molecule has 4 aromatic rings. The molecule has 0 saturated carbocycles. The Kier molecular flexibility index (Phi) is 13.4. The van der Waals surface area contributed by atoms with Gasteiger partial charge in [-0.25, -0.2) is 13.1 Å². The van der Waals surface area contributed by atoms with Crippen LogP contribution in [0.25, 0.3) is 16.5 Å². The minimum Gasteiger partial charge on any atom is -0.374 e. The molecule has 17 nitrogen and oxygen atoms in total. The SMILES string of the molecule is CCO[Si](CCCNCCS(=O)(=O)c1ccc(-n2[nH]c(C)c(N=Nc3ccc4c(S(=O)(=O)O)cc(S(=O)(=O)O)cc4c3)c2=O)cc1)(OCC)OCC. The highest BCUT2D eigenvalue weighted by molar-refractivity contribution is 7.91. The van der Waals surface area contributed by atoms with Gasteiger partial charge in [0.2, 0.25) is 0 Å². The number of nitrogens with one attached hydrogen (secondary N) is 2. The van der Waals surface area contributed by atoms with Gasteiger partial charge in [0, 0.05) is 37.8 Å². The number of hydrogen-bond acceptors (Lipinski definition) is 13. The number of fused-ring (bicyclic) bond motifs is 1. The van der Waals surface area contributed by atoms with Crippen LogP contribution in [0, 0.1) is 6.92 Å². The summed E-state index contributed by atoms with van der Waals surface area (Å²) in [6, 6.07) is 11.8. The summed E-state index contributed by atoms with van der Waals surface area (Å²) in [5.41, 5.74) is 0.0566. The van der Waals surface area contributed by atoms with Crippen molar-refractivity contribution in [3.8, 4) is 5.69 Å². The Hall–Kier alpha value is -3.64. The van der Waals surface area contributed by atoms with Crippen LogP contribution in [0.3, 0.4) is 0 Å². The van der Waals surface area contributed by atoms with Crippen molar-refractivity contribution in [2.75, 3.05) is 38.7 Å². The number of sulfone groups is 1. The van der Waals surface area contributed by atoms with E-state index in [-0.39, 0.29) is 39.3 Å². The van der Waals surface area contributed by atoms with E-state index in [1.54, 1.807) is 6.92 Å². The van der Waals surface area contributed by atoms with Gasteiger partial charge in [0.15, 0.2) is 15.5 Å². The molecule has 4 N–H and O–H groups in total. The van der Waals surface area contributed by atoms with Gasteiger partial charge in [0.1, 0.15) is 4.90 Å². The number of H-pyrrole nitrogens is 1. The predicted octanol–water partition coefficient (Wildman–Crippen LogP) is 4.34. The van der Waals surface area contributed by atoms with Crippen LogP contribution in [0.5, 0.6) is 0 Å². The number of azo groups is 1. The van der Waals surface area contributed by atoms with Crippen molar-refractivity contribution in [1.82, 2.24) is 15.1 Å². The zero-order valence-electron chi connectivity index (χ0n) is 28.9. The smallest absolute Gasteiger partial charge is 0.374 e. The molecule has 0 fully saturated rings. The molecule has 0 atom stereocenters. The van der Waals surface area contributed by atoms with Gasteiger partial charge < -0.3 is 18.6 Å². The minimum atomic E-state index is -4.87. The van der Waals surface area contributed by atoms with E-state index >= 15 is 0 Å². The molecule has 0 saturated heterocycles. The lowest BCUT2D eigenvalue weighted by Crippen LogP contribution is -2.46. The summed E-state index contributed by atoms with van der Waals surface area (Å²) in [4.78, 5) is 11.8. The Morgan fingerprint density at radius 1 is 0.808 bits per heavy atom.